The molecule has 0 spiro atoms. The van der Waals surface area contributed by atoms with Gasteiger partial charge in [-0.25, -0.2) is 0 Å². The maximum Gasteiger partial charge on any atom is 0.273 e. The summed E-state index contributed by atoms with van der Waals surface area (Å²) in [7, 11) is 0. The molecule has 0 bridgehead atoms. The van der Waals surface area contributed by atoms with Gasteiger partial charge in [0.1, 0.15) is 11.8 Å². The molecule has 0 radical (unpaired) electrons. The Balaban J connectivity index is 1.51. The maximum absolute atomic E-state index is 12.9. The fourth-order valence-corrected chi connectivity index (χ4v) is 4.06. The van der Waals surface area contributed by atoms with E-state index in [-0.39, 0.29) is 41.8 Å². The van der Waals surface area contributed by atoms with E-state index in [1.807, 2.05) is 6.92 Å². The van der Waals surface area contributed by atoms with Gasteiger partial charge in [0.25, 0.3) is 17.7 Å². The molecule has 0 saturated carbocycles. The molecule has 0 aliphatic carbocycles. The molecule has 2 heterocycles. The Kier molecular flexibility index (Phi) is 6.16. The van der Waals surface area contributed by atoms with E-state index in [0.717, 1.165) is 10.5 Å². The quantitative estimate of drug-likeness (QED) is 0.257. The van der Waals surface area contributed by atoms with Crippen LogP contribution in [-0.2, 0) is 20.8 Å². The zero-order chi connectivity index (χ0) is 24.6. The van der Waals surface area contributed by atoms with Crippen LogP contribution in [0.5, 0.6) is 0 Å². The number of amides is 5. The van der Waals surface area contributed by atoms with E-state index in [9.17, 15) is 29.2 Å². The molecule has 1 atom stereocenters. The minimum absolute atomic E-state index is 0.00792. The first-order valence-corrected chi connectivity index (χ1v) is 10.7. The van der Waals surface area contributed by atoms with Crippen LogP contribution in [0, 0.1) is 6.92 Å². The predicted octanol–water partition coefficient (Wildman–Crippen LogP) is 2.06. The Hall–Kier alpha value is -4.05. The Morgan fingerprint density at radius 1 is 1.15 bits per heavy atom. The monoisotopic (exact) mass is 482 g/mol. The Morgan fingerprint density at radius 3 is 2.56 bits per heavy atom. The summed E-state index contributed by atoms with van der Waals surface area (Å²) >= 11 is 6.11. The molecule has 34 heavy (non-hydrogen) atoms. The maximum atomic E-state index is 12.9. The number of fused-ring (bicyclic) bond motifs is 1. The number of halogens is 1. The summed E-state index contributed by atoms with van der Waals surface area (Å²) in [6.07, 6.45) is 0.0631. The molecule has 3 N–H and O–H groups in total. The van der Waals surface area contributed by atoms with Gasteiger partial charge < -0.3 is 10.5 Å². The van der Waals surface area contributed by atoms with Crippen molar-refractivity contribution in [2.75, 3.05) is 5.32 Å². The van der Waals surface area contributed by atoms with Gasteiger partial charge in [-0.1, -0.05) is 28.9 Å². The molecule has 0 aromatic heterocycles. The first kappa shape index (κ1) is 23.1. The summed E-state index contributed by atoms with van der Waals surface area (Å²) in [6.45, 7) is 1.83. The average Bonchev–Trinajstić information content (AvgIpc) is 3.04. The zero-order valence-electron chi connectivity index (χ0n) is 17.9. The number of aryl methyl sites for hydroxylation is 1. The van der Waals surface area contributed by atoms with E-state index in [0.29, 0.717) is 10.6 Å². The van der Waals surface area contributed by atoms with Gasteiger partial charge in [-0.3, -0.25) is 34.2 Å². The molecule has 10 nitrogen and oxygen atoms in total. The highest BCUT2D eigenvalue weighted by Gasteiger charge is 2.44. The minimum atomic E-state index is -1.09. The standard InChI is InChI=1S/C23H19ClN4O6/c1-11-2-3-12(8-16(11)24)9-17(27-34)20(30)25-13-4-5-14-15(10-13)23(33)28(22(14)32)18-6-7-19(29)26-21(18)31/h2-5,8,10,18,34H,6-7,9H2,1H3,(H,25,30)(H,26,29,31)/b27-17+. The second-order valence-corrected chi connectivity index (χ2v) is 8.38. The van der Waals surface area contributed by atoms with Crippen molar-refractivity contribution in [3.8, 4) is 0 Å². The highest BCUT2D eigenvalue weighted by Crippen LogP contribution is 2.29. The van der Waals surface area contributed by atoms with Gasteiger partial charge in [-0.05, 0) is 48.7 Å². The Morgan fingerprint density at radius 2 is 1.88 bits per heavy atom. The van der Waals surface area contributed by atoms with E-state index in [4.69, 9.17) is 11.6 Å². The normalized spacial score (nSPS) is 18.1. The van der Waals surface area contributed by atoms with E-state index in [2.05, 4.69) is 15.8 Å². The average molecular weight is 483 g/mol. The molecule has 4 rings (SSSR count). The van der Waals surface area contributed by atoms with Gasteiger partial charge in [-0.2, -0.15) is 0 Å². The summed E-state index contributed by atoms with van der Waals surface area (Å²) in [5.74, 6) is -3.23. The van der Waals surface area contributed by atoms with E-state index in [1.165, 1.54) is 18.2 Å². The summed E-state index contributed by atoms with van der Waals surface area (Å²) < 4.78 is 0. The highest BCUT2D eigenvalue weighted by atomic mass is 35.5. The Bertz CT molecular complexity index is 1290. The lowest BCUT2D eigenvalue weighted by Crippen LogP contribution is -2.54. The molecule has 1 fully saturated rings. The van der Waals surface area contributed by atoms with Crippen LogP contribution in [0.4, 0.5) is 5.69 Å². The topological polar surface area (TPSA) is 145 Å². The summed E-state index contributed by atoms with van der Waals surface area (Å²) in [6, 6.07) is 8.22. The van der Waals surface area contributed by atoms with Crippen LogP contribution in [0.15, 0.2) is 41.6 Å². The van der Waals surface area contributed by atoms with E-state index < -0.39 is 35.6 Å². The van der Waals surface area contributed by atoms with Gasteiger partial charge in [0, 0.05) is 23.6 Å². The molecule has 1 saturated heterocycles. The van der Waals surface area contributed by atoms with Gasteiger partial charge in [0.05, 0.1) is 11.1 Å². The molecule has 5 amide bonds. The number of nitrogens with zero attached hydrogens (tertiary/aromatic N) is 2. The molecule has 1 unspecified atom stereocenters. The van der Waals surface area contributed by atoms with Crippen LogP contribution in [0.3, 0.4) is 0 Å². The second kappa shape index (κ2) is 9.06. The number of nitrogens with one attached hydrogen (secondary N) is 2. The van der Waals surface area contributed by atoms with Crippen molar-refractivity contribution in [2.24, 2.45) is 5.16 Å². The number of oxime groups is 1. The van der Waals surface area contributed by atoms with Gasteiger partial charge in [0.2, 0.25) is 11.8 Å². The van der Waals surface area contributed by atoms with Crippen molar-refractivity contribution < 1.29 is 29.2 Å². The smallest absolute Gasteiger partial charge is 0.273 e. The molecular weight excluding hydrogens is 464 g/mol. The molecular formula is C23H19ClN4O6. The van der Waals surface area contributed by atoms with Gasteiger partial charge in [0.15, 0.2) is 0 Å². The number of piperidine rings is 1. The van der Waals surface area contributed by atoms with Gasteiger partial charge >= 0.3 is 0 Å². The minimum Gasteiger partial charge on any atom is -0.410 e. The van der Waals surface area contributed by atoms with Gasteiger partial charge in [-0.15, -0.1) is 0 Å². The summed E-state index contributed by atoms with van der Waals surface area (Å²) in [4.78, 5) is 62.7. The number of carbonyl (C=O) groups is 5. The first-order chi connectivity index (χ1) is 16.2. The lowest BCUT2D eigenvalue weighted by atomic mass is 10.0. The number of carbonyl (C=O) groups excluding carboxylic acids is 5. The van der Waals surface area contributed by atoms with Crippen molar-refractivity contribution in [1.82, 2.24) is 10.2 Å². The van der Waals surface area contributed by atoms with Crippen LogP contribution < -0.4 is 10.6 Å². The van der Waals surface area contributed by atoms with Crippen molar-refractivity contribution >= 4 is 52.5 Å². The fourth-order valence-electron chi connectivity index (χ4n) is 3.85. The molecule has 2 aliphatic heterocycles. The lowest BCUT2D eigenvalue weighted by Gasteiger charge is -2.27. The molecule has 174 valence electrons. The van der Waals surface area contributed by atoms with Crippen LogP contribution in [0.2, 0.25) is 5.02 Å². The summed E-state index contributed by atoms with van der Waals surface area (Å²) in [5, 5.41) is 17.6. The third kappa shape index (κ3) is 4.27. The SMILES string of the molecule is Cc1ccc(C/C(=N\O)C(=O)Nc2ccc3c(c2)C(=O)N(C2CCC(=O)NC2=O)C3=O)cc1Cl. The third-order valence-corrected chi connectivity index (χ3v) is 6.10. The second-order valence-electron chi connectivity index (χ2n) is 7.97. The first-order valence-electron chi connectivity index (χ1n) is 10.3. The Labute approximate surface area is 198 Å². The van der Waals surface area contributed by atoms with Crippen molar-refractivity contribution in [2.45, 2.75) is 32.2 Å². The van der Waals surface area contributed by atoms with Crippen LogP contribution in [0.1, 0.15) is 44.7 Å². The van der Waals surface area contributed by atoms with Crippen molar-refractivity contribution in [1.29, 1.82) is 0 Å². The summed E-state index contributed by atoms with van der Waals surface area (Å²) in [5.41, 5.74) is 1.62. The van der Waals surface area contributed by atoms with E-state index in [1.54, 1.807) is 18.2 Å². The van der Waals surface area contributed by atoms with Crippen molar-refractivity contribution in [3.05, 3.63) is 63.7 Å². The van der Waals surface area contributed by atoms with Crippen molar-refractivity contribution in [3.63, 3.8) is 0 Å². The third-order valence-electron chi connectivity index (χ3n) is 5.69. The zero-order valence-corrected chi connectivity index (χ0v) is 18.7. The molecule has 2 aromatic carbocycles. The number of hydrogen-bond acceptors (Lipinski definition) is 7. The highest BCUT2D eigenvalue weighted by molar-refractivity contribution is 6.43. The largest absolute Gasteiger partial charge is 0.410 e. The van der Waals surface area contributed by atoms with Crippen LogP contribution in [-0.4, -0.2) is 51.4 Å². The molecule has 11 heteroatoms. The molecule has 2 aliphatic rings. The predicted molar refractivity (Wildman–Crippen MR) is 121 cm³/mol. The van der Waals surface area contributed by atoms with Crippen LogP contribution >= 0.6 is 11.6 Å². The van der Waals surface area contributed by atoms with E-state index >= 15 is 0 Å². The number of hydrogen-bond donors (Lipinski definition) is 3. The number of imide groups is 2. The molecule has 2 aromatic rings. The lowest BCUT2D eigenvalue weighted by molar-refractivity contribution is -0.136. The van der Waals surface area contributed by atoms with Crippen LogP contribution in [0.25, 0.3) is 0 Å². The fraction of sp³-hybridized carbons (Fsp3) is 0.217. The number of benzene rings is 2. The number of rotatable bonds is 5. The number of anilines is 1.